The molecular weight excluding hydrogens is 282 g/mol. The molecule has 2 atom stereocenters. The van der Waals surface area contributed by atoms with Crippen molar-refractivity contribution < 1.29 is 9.47 Å². The van der Waals surface area contributed by atoms with Gasteiger partial charge in [-0.15, -0.1) is 11.8 Å². The van der Waals surface area contributed by atoms with Crippen LogP contribution in [0.25, 0.3) is 0 Å². The molecule has 1 aliphatic carbocycles. The molecule has 1 heterocycles. The molecule has 1 aromatic carbocycles. The van der Waals surface area contributed by atoms with Crippen molar-refractivity contribution in [2.75, 3.05) is 19.8 Å². The number of hydrogen-bond donors (Lipinski definition) is 1. The summed E-state index contributed by atoms with van der Waals surface area (Å²) in [6.07, 6.45) is 6.53. The van der Waals surface area contributed by atoms with E-state index in [0.29, 0.717) is 24.5 Å². The lowest BCUT2D eigenvalue weighted by atomic mass is 9.95. The summed E-state index contributed by atoms with van der Waals surface area (Å²) in [6, 6.07) is 7.01. The minimum absolute atomic E-state index is 0.650. The Hall–Kier alpha value is -0.870. The normalized spacial score (nSPS) is 24.8. The highest BCUT2D eigenvalue weighted by atomic mass is 32.2. The van der Waals surface area contributed by atoms with Crippen LogP contribution in [0.1, 0.15) is 39.0 Å². The van der Waals surface area contributed by atoms with E-state index in [2.05, 4.69) is 24.4 Å². The standard InChI is InChI=1S/C17H25NO2S/c1-2-9-18-14-5-3-4-6-17(14)21-13-7-8-15-16(12-13)20-11-10-19-15/h7-8,12,14,17-18H,2-6,9-11H2,1H3. The van der Waals surface area contributed by atoms with Crippen molar-refractivity contribution in [1.82, 2.24) is 5.32 Å². The van der Waals surface area contributed by atoms with Crippen LogP contribution in [-0.4, -0.2) is 31.1 Å². The molecule has 3 nitrogen and oxygen atoms in total. The van der Waals surface area contributed by atoms with Gasteiger partial charge >= 0.3 is 0 Å². The van der Waals surface area contributed by atoms with Gasteiger partial charge in [0.25, 0.3) is 0 Å². The molecule has 3 rings (SSSR count). The topological polar surface area (TPSA) is 30.5 Å². The third kappa shape index (κ3) is 3.86. The van der Waals surface area contributed by atoms with Crippen LogP contribution in [0, 0.1) is 0 Å². The number of ether oxygens (including phenoxy) is 2. The Labute approximate surface area is 131 Å². The van der Waals surface area contributed by atoms with Crippen LogP contribution < -0.4 is 14.8 Å². The van der Waals surface area contributed by atoms with Crippen molar-refractivity contribution in [3.8, 4) is 11.5 Å². The average Bonchev–Trinajstić information content (AvgIpc) is 2.54. The number of nitrogens with one attached hydrogen (secondary N) is 1. The van der Waals surface area contributed by atoms with E-state index in [-0.39, 0.29) is 0 Å². The van der Waals surface area contributed by atoms with Gasteiger partial charge < -0.3 is 14.8 Å². The minimum atomic E-state index is 0.650. The highest BCUT2D eigenvalue weighted by molar-refractivity contribution is 8.00. The monoisotopic (exact) mass is 307 g/mol. The third-order valence-corrected chi connectivity index (χ3v) is 5.55. The Morgan fingerprint density at radius 1 is 1.14 bits per heavy atom. The van der Waals surface area contributed by atoms with Gasteiger partial charge in [0.2, 0.25) is 0 Å². The van der Waals surface area contributed by atoms with Gasteiger partial charge in [0.15, 0.2) is 11.5 Å². The third-order valence-electron chi connectivity index (χ3n) is 4.16. The largest absolute Gasteiger partial charge is 0.486 e. The van der Waals surface area contributed by atoms with Gasteiger partial charge in [0.1, 0.15) is 13.2 Å². The van der Waals surface area contributed by atoms with Gasteiger partial charge in [0.05, 0.1) is 0 Å². The first-order chi connectivity index (χ1) is 10.4. The quantitative estimate of drug-likeness (QED) is 0.895. The van der Waals surface area contributed by atoms with Crippen molar-refractivity contribution in [1.29, 1.82) is 0 Å². The summed E-state index contributed by atoms with van der Waals surface area (Å²) in [6.45, 7) is 4.68. The van der Waals surface area contributed by atoms with E-state index in [1.807, 2.05) is 17.8 Å². The Kier molecular flexibility index (Phi) is 5.31. The number of fused-ring (bicyclic) bond motifs is 1. The van der Waals surface area contributed by atoms with E-state index < -0.39 is 0 Å². The van der Waals surface area contributed by atoms with Crippen LogP contribution in [-0.2, 0) is 0 Å². The Morgan fingerprint density at radius 2 is 1.95 bits per heavy atom. The number of rotatable bonds is 5. The summed E-state index contributed by atoms with van der Waals surface area (Å²) in [4.78, 5) is 1.30. The van der Waals surface area contributed by atoms with Gasteiger partial charge in [-0.25, -0.2) is 0 Å². The van der Waals surface area contributed by atoms with Crippen molar-refractivity contribution in [2.45, 2.75) is 55.2 Å². The van der Waals surface area contributed by atoms with E-state index in [1.165, 1.54) is 37.0 Å². The van der Waals surface area contributed by atoms with Gasteiger partial charge in [-0.1, -0.05) is 19.8 Å². The minimum Gasteiger partial charge on any atom is -0.486 e. The molecule has 1 fully saturated rings. The zero-order chi connectivity index (χ0) is 14.5. The lowest BCUT2D eigenvalue weighted by Crippen LogP contribution is -2.40. The number of hydrogen-bond acceptors (Lipinski definition) is 4. The van der Waals surface area contributed by atoms with Crippen molar-refractivity contribution in [2.24, 2.45) is 0 Å². The molecule has 21 heavy (non-hydrogen) atoms. The smallest absolute Gasteiger partial charge is 0.162 e. The second-order valence-corrected chi connectivity index (χ2v) is 7.12. The highest BCUT2D eigenvalue weighted by Gasteiger charge is 2.25. The van der Waals surface area contributed by atoms with Crippen LogP contribution in [0.2, 0.25) is 0 Å². The number of thioether (sulfide) groups is 1. The van der Waals surface area contributed by atoms with Crippen LogP contribution >= 0.6 is 11.8 Å². The zero-order valence-corrected chi connectivity index (χ0v) is 13.6. The second-order valence-electron chi connectivity index (χ2n) is 5.81. The summed E-state index contributed by atoms with van der Waals surface area (Å²) < 4.78 is 11.3. The maximum Gasteiger partial charge on any atom is 0.162 e. The molecule has 1 N–H and O–H groups in total. The summed E-state index contributed by atoms with van der Waals surface area (Å²) in [5.41, 5.74) is 0. The first kappa shape index (κ1) is 15.0. The van der Waals surface area contributed by atoms with Crippen molar-refractivity contribution in [3.05, 3.63) is 18.2 Å². The van der Waals surface area contributed by atoms with Gasteiger partial charge in [-0.2, -0.15) is 0 Å². The summed E-state index contributed by atoms with van der Waals surface area (Å²) in [7, 11) is 0. The first-order valence-electron chi connectivity index (χ1n) is 8.16. The first-order valence-corrected chi connectivity index (χ1v) is 9.04. The summed E-state index contributed by atoms with van der Waals surface area (Å²) in [5, 5.41) is 4.40. The van der Waals surface area contributed by atoms with Crippen molar-refractivity contribution in [3.63, 3.8) is 0 Å². The zero-order valence-electron chi connectivity index (χ0n) is 12.8. The lowest BCUT2D eigenvalue weighted by Gasteiger charge is -2.32. The Bertz CT molecular complexity index is 466. The fourth-order valence-electron chi connectivity index (χ4n) is 3.07. The maximum atomic E-state index is 5.69. The Morgan fingerprint density at radius 3 is 2.81 bits per heavy atom. The SMILES string of the molecule is CCCNC1CCCCC1Sc1ccc2c(c1)OCCO2. The predicted octanol–water partition coefficient (Wildman–Crippen LogP) is 3.86. The van der Waals surface area contributed by atoms with Gasteiger partial charge in [-0.05, 0) is 44.0 Å². The van der Waals surface area contributed by atoms with E-state index in [0.717, 1.165) is 18.0 Å². The summed E-state index contributed by atoms with van der Waals surface area (Å²) >= 11 is 2.00. The molecular formula is C17H25NO2S. The molecule has 0 amide bonds. The molecule has 0 radical (unpaired) electrons. The summed E-state index contributed by atoms with van der Waals surface area (Å²) in [5.74, 6) is 1.79. The average molecular weight is 307 g/mol. The molecule has 4 heteroatoms. The van der Waals surface area contributed by atoms with Gasteiger partial charge in [0, 0.05) is 16.2 Å². The van der Waals surface area contributed by atoms with Crippen molar-refractivity contribution >= 4 is 11.8 Å². The molecule has 1 saturated carbocycles. The lowest BCUT2D eigenvalue weighted by molar-refractivity contribution is 0.171. The van der Waals surface area contributed by atoms with E-state index in [4.69, 9.17) is 9.47 Å². The van der Waals surface area contributed by atoms with E-state index >= 15 is 0 Å². The molecule has 1 aromatic rings. The molecule has 0 aromatic heterocycles. The second kappa shape index (κ2) is 7.41. The molecule has 2 unspecified atom stereocenters. The molecule has 0 bridgehead atoms. The maximum absolute atomic E-state index is 5.69. The fourth-order valence-corrected chi connectivity index (χ4v) is 4.43. The molecule has 2 aliphatic rings. The van der Waals surface area contributed by atoms with Crippen LogP contribution in [0.5, 0.6) is 11.5 Å². The van der Waals surface area contributed by atoms with Crippen LogP contribution in [0.15, 0.2) is 23.1 Å². The van der Waals surface area contributed by atoms with Crippen LogP contribution in [0.4, 0.5) is 0 Å². The highest BCUT2D eigenvalue weighted by Crippen LogP contribution is 2.39. The molecule has 1 aliphatic heterocycles. The Balaban J connectivity index is 1.66. The molecule has 0 saturated heterocycles. The van der Waals surface area contributed by atoms with Crippen LogP contribution in [0.3, 0.4) is 0 Å². The van der Waals surface area contributed by atoms with E-state index in [9.17, 15) is 0 Å². The fraction of sp³-hybridized carbons (Fsp3) is 0.647. The number of benzene rings is 1. The van der Waals surface area contributed by atoms with Gasteiger partial charge in [-0.3, -0.25) is 0 Å². The van der Waals surface area contributed by atoms with E-state index in [1.54, 1.807) is 0 Å². The molecule has 116 valence electrons. The predicted molar refractivity (Wildman–Crippen MR) is 87.6 cm³/mol. The molecule has 0 spiro atoms.